The van der Waals surface area contributed by atoms with Crippen molar-refractivity contribution >= 4 is 23.4 Å². The number of rotatable bonds is 6. The van der Waals surface area contributed by atoms with Gasteiger partial charge in [-0.3, -0.25) is 10.7 Å². The second-order valence-electron chi connectivity index (χ2n) is 3.58. The zero-order valence-electron chi connectivity index (χ0n) is 10.3. The van der Waals surface area contributed by atoms with Gasteiger partial charge in [0.05, 0.1) is 12.2 Å². The Bertz CT molecular complexity index is 497. The number of carbonyl (C=O) groups excluding carboxylic acids is 1. The second-order valence-corrected chi connectivity index (χ2v) is 3.58. The van der Waals surface area contributed by atoms with E-state index in [4.69, 9.17) is 16.9 Å². The SMILES string of the molecule is N=C(N)c1cnc(NC(=O)NCCOC(F)F)cc1N. The topological polar surface area (TPSA) is 139 Å². The molecule has 0 radical (unpaired) electrons. The van der Waals surface area contributed by atoms with Gasteiger partial charge in [0.15, 0.2) is 0 Å². The molecule has 20 heavy (non-hydrogen) atoms. The molecule has 1 rings (SSSR count). The van der Waals surface area contributed by atoms with Gasteiger partial charge >= 0.3 is 12.6 Å². The number of amides is 2. The van der Waals surface area contributed by atoms with Crippen molar-refractivity contribution in [3.63, 3.8) is 0 Å². The predicted molar refractivity (Wildman–Crippen MR) is 68.6 cm³/mol. The molecule has 0 aromatic carbocycles. The van der Waals surface area contributed by atoms with E-state index >= 15 is 0 Å². The molecule has 0 unspecified atom stereocenters. The highest BCUT2D eigenvalue weighted by atomic mass is 19.3. The molecule has 1 aromatic rings. The number of pyridine rings is 1. The Balaban J connectivity index is 2.46. The molecule has 10 heteroatoms. The van der Waals surface area contributed by atoms with Crippen LogP contribution in [0.25, 0.3) is 0 Å². The first kappa shape index (κ1) is 15.6. The molecular weight excluding hydrogens is 274 g/mol. The summed E-state index contributed by atoms with van der Waals surface area (Å²) in [5, 5.41) is 11.8. The number of nitrogen functional groups attached to an aromatic ring is 2. The summed E-state index contributed by atoms with van der Waals surface area (Å²) in [5.74, 6) is -0.102. The van der Waals surface area contributed by atoms with Crippen LogP contribution in [0.15, 0.2) is 12.3 Å². The number of anilines is 2. The first-order chi connectivity index (χ1) is 9.40. The number of carbonyl (C=O) groups is 1. The van der Waals surface area contributed by atoms with Crippen LogP contribution in [0.5, 0.6) is 0 Å². The number of alkyl halides is 2. The van der Waals surface area contributed by atoms with E-state index in [9.17, 15) is 13.6 Å². The summed E-state index contributed by atoms with van der Waals surface area (Å²) in [6, 6.07) is 0.678. The molecule has 1 heterocycles. The van der Waals surface area contributed by atoms with Crippen LogP contribution >= 0.6 is 0 Å². The van der Waals surface area contributed by atoms with E-state index in [1.54, 1.807) is 0 Å². The highest BCUT2D eigenvalue weighted by Crippen LogP contribution is 2.14. The summed E-state index contributed by atoms with van der Waals surface area (Å²) in [4.78, 5) is 15.2. The van der Waals surface area contributed by atoms with Crippen molar-refractivity contribution in [3.05, 3.63) is 17.8 Å². The van der Waals surface area contributed by atoms with Gasteiger partial charge in [0.25, 0.3) is 0 Å². The Hall–Kier alpha value is -2.49. The van der Waals surface area contributed by atoms with Gasteiger partial charge in [0.1, 0.15) is 11.7 Å². The lowest BCUT2D eigenvalue weighted by Crippen LogP contribution is -2.32. The molecule has 7 N–H and O–H groups in total. The van der Waals surface area contributed by atoms with Crippen molar-refractivity contribution < 1.29 is 18.3 Å². The van der Waals surface area contributed by atoms with Crippen LogP contribution in [-0.4, -0.2) is 36.6 Å². The fraction of sp³-hybridized carbons (Fsp3) is 0.300. The van der Waals surface area contributed by atoms with Crippen molar-refractivity contribution in [1.29, 1.82) is 5.41 Å². The van der Waals surface area contributed by atoms with Gasteiger partial charge in [-0.1, -0.05) is 0 Å². The van der Waals surface area contributed by atoms with E-state index in [0.717, 1.165) is 0 Å². The van der Waals surface area contributed by atoms with Gasteiger partial charge in [-0.05, 0) is 0 Å². The molecule has 0 fully saturated rings. The number of halogens is 2. The Labute approximate surface area is 113 Å². The number of aromatic nitrogens is 1. The van der Waals surface area contributed by atoms with Crippen molar-refractivity contribution in [3.8, 4) is 0 Å². The minimum atomic E-state index is -2.87. The predicted octanol–water partition coefficient (Wildman–Crippen LogP) is 0.309. The van der Waals surface area contributed by atoms with Crippen LogP contribution in [0.1, 0.15) is 5.56 Å². The largest absolute Gasteiger partial charge is 0.398 e. The number of nitrogens with two attached hydrogens (primary N) is 2. The van der Waals surface area contributed by atoms with Gasteiger partial charge in [-0.25, -0.2) is 9.78 Å². The average Bonchev–Trinajstić information content (AvgIpc) is 2.34. The third-order valence-electron chi connectivity index (χ3n) is 2.10. The average molecular weight is 288 g/mol. The van der Waals surface area contributed by atoms with Gasteiger partial charge in [0, 0.05) is 24.5 Å². The zero-order chi connectivity index (χ0) is 15.1. The highest BCUT2D eigenvalue weighted by Gasteiger charge is 2.08. The van der Waals surface area contributed by atoms with Gasteiger partial charge in [-0.2, -0.15) is 8.78 Å². The maximum atomic E-state index is 11.7. The standard InChI is InChI=1S/C10H14F2N6O2/c11-9(12)20-2-1-16-10(19)18-7-3-6(13)5(4-17-7)8(14)15/h3-4,9H,1-2H2,(H3,14,15)(H4,13,16,17,18,19). The van der Waals surface area contributed by atoms with Crippen LogP contribution in [0.4, 0.5) is 25.1 Å². The molecule has 110 valence electrons. The zero-order valence-corrected chi connectivity index (χ0v) is 10.3. The molecule has 0 aliphatic heterocycles. The van der Waals surface area contributed by atoms with E-state index in [1.165, 1.54) is 12.3 Å². The summed E-state index contributed by atoms with van der Waals surface area (Å²) >= 11 is 0. The number of urea groups is 1. The summed E-state index contributed by atoms with van der Waals surface area (Å²) in [7, 11) is 0. The van der Waals surface area contributed by atoms with Gasteiger partial charge in [-0.15, -0.1) is 0 Å². The molecule has 2 amide bonds. The third kappa shape index (κ3) is 5.02. The van der Waals surface area contributed by atoms with E-state index in [-0.39, 0.29) is 36.1 Å². The summed E-state index contributed by atoms with van der Waals surface area (Å²) in [6.45, 7) is -3.28. The monoisotopic (exact) mass is 288 g/mol. The molecular formula is C10H14F2N6O2. The van der Waals surface area contributed by atoms with Crippen molar-refractivity contribution in [2.75, 3.05) is 24.2 Å². The summed E-state index contributed by atoms with van der Waals surface area (Å²) in [5.41, 5.74) is 11.3. The normalized spacial score (nSPS) is 10.3. The maximum Gasteiger partial charge on any atom is 0.345 e. The molecule has 0 bridgehead atoms. The number of hydrogen-bond acceptors (Lipinski definition) is 5. The number of ether oxygens (including phenoxy) is 1. The number of amidine groups is 1. The number of nitrogens with zero attached hydrogens (tertiary/aromatic N) is 1. The Morgan fingerprint density at radius 2 is 2.25 bits per heavy atom. The first-order valence-electron chi connectivity index (χ1n) is 5.44. The summed E-state index contributed by atoms with van der Waals surface area (Å²) in [6.07, 6.45) is 1.24. The Morgan fingerprint density at radius 3 is 2.80 bits per heavy atom. The fourth-order valence-electron chi connectivity index (χ4n) is 1.24. The fourth-order valence-corrected chi connectivity index (χ4v) is 1.24. The lowest BCUT2D eigenvalue weighted by molar-refractivity contribution is -0.126. The smallest absolute Gasteiger partial charge is 0.345 e. The Morgan fingerprint density at radius 1 is 1.55 bits per heavy atom. The molecule has 0 saturated carbocycles. The van der Waals surface area contributed by atoms with Crippen LogP contribution < -0.4 is 22.1 Å². The third-order valence-corrected chi connectivity index (χ3v) is 2.10. The van der Waals surface area contributed by atoms with Crippen LogP contribution in [0, 0.1) is 5.41 Å². The van der Waals surface area contributed by atoms with Crippen molar-refractivity contribution in [2.45, 2.75) is 6.61 Å². The van der Waals surface area contributed by atoms with Crippen molar-refractivity contribution in [1.82, 2.24) is 10.3 Å². The molecule has 0 spiro atoms. The molecule has 0 atom stereocenters. The summed E-state index contributed by atoms with van der Waals surface area (Å²) < 4.78 is 27.3. The molecule has 0 saturated heterocycles. The molecule has 8 nitrogen and oxygen atoms in total. The minimum Gasteiger partial charge on any atom is -0.398 e. The van der Waals surface area contributed by atoms with Gasteiger partial charge < -0.3 is 21.5 Å². The van der Waals surface area contributed by atoms with Crippen LogP contribution in [-0.2, 0) is 4.74 Å². The second kappa shape index (κ2) is 7.19. The maximum absolute atomic E-state index is 11.7. The van der Waals surface area contributed by atoms with E-state index < -0.39 is 12.6 Å². The van der Waals surface area contributed by atoms with Crippen LogP contribution in [0.2, 0.25) is 0 Å². The number of nitrogens with one attached hydrogen (secondary N) is 3. The number of hydrogen-bond donors (Lipinski definition) is 5. The highest BCUT2D eigenvalue weighted by molar-refractivity contribution is 6.00. The lowest BCUT2D eigenvalue weighted by atomic mass is 10.2. The Kier molecular flexibility index (Phi) is 5.59. The lowest BCUT2D eigenvalue weighted by Gasteiger charge is -2.09. The quantitative estimate of drug-likeness (QED) is 0.291. The van der Waals surface area contributed by atoms with E-state index in [0.29, 0.717) is 0 Å². The van der Waals surface area contributed by atoms with E-state index in [2.05, 4.69) is 20.4 Å². The minimum absolute atomic E-state index is 0.0861. The van der Waals surface area contributed by atoms with Crippen LogP contribution in [0.3, 0.4) is 0 Å². The van der Waals surface area contributed by atoms with E-state index in [1.807, 2.05) is 0 Å². The molecule has 1 aromatic heterocycles. The van der Waals surface area contributed by atoms with Gasteiger partial charge in [0.2, 0.25) is 0 Å². The molecule has 0 aliphatic carbocycles. The van der Waals surface area contributed by atoms with Crippen molar-refractivity contribution in [2.24, 2.45) is 5.73 Å². The first-order valence-corrected chi connectivity index (χ1v) is 5.44. The molecule has 0 aliphatic rings.